The predicted molar refractivity (Wildman–Crippen MR) is 69.8 cm³/mol. The number of halogens is 1. The maximum absolute atomic E-state index is 13.1. The summed E-state index contributed by atoms with van der Waals surface area (Å²) in [6, 6.07) is 9.97. The van der Waals surface area contributed by atoms with E-state index in [0.29, 0.717) is 11.5 Å². The third-order valence-corrected chi connectivity index (χ3v) is 2.47. The van der Waals surface area contributed by atoms with Crippen molar-refractivity contribution >= 4 is 5.82 Å². The molecule has 0 spiro atoms. The van der Waals surface area contributed by atoms with Crippen LogP contribution in [0.15, 0.2) is 36.4 Å². The Labute approximate surface area is 105 Å². The van der Waals surface area contributed by atoms with Gasteiger partial charge in [-0.1, -0.05) is 12.1 Å². The fraction of sp³-hybridized carbons (Fsp3) is 0.231. The maximum Gasteiger partial charge on any atom is 0.148 e. The van der Waals surface area contributed by atoms with Gasteiger partial charge in [-0.3, -0.25) is 0 Å². The second kappa shape index (κ2) is 6.07. The predicted octanol–water partition coefficient (Wildman–Crippen LogP) is 1.91. The van der Waals surface area contributed by atoms with Crippen molar-refractivity contribution in [2.24, 2.45) is 0 Å². The molecule has 0 unspecified atom stereocenters. The number of benzene rings is 1. The van der Waals surface area contributed by atoms with E-state index in [-0.39, 0.29) is 5.82 Å². The van der Waals surface area contributed by atoms with Crippen molar-refractivity contribution < 1.29 is 4.39 Å². The fourth-order valence-electron chi connectivity index (χ4n) is 1.54. The van der Waals surface area contributed by atoms with Gasteiger partial charge in [0.05, 0.1) is 5.69 Å². The molecule has 2 N–H and O–H groups in total. The van der Waals surface area contributed by atoms with Crippen LogP contribution in [0.1, 0.15) is 0 Å². The summed E-state index contributed by atoms with van der Waals surface area (Å²) >= 11 is 0. The topological polar surface area (TPSA) is 49.8 Å². The lowest BCUT2D eigenvalue weighted by molar-refractivity contribution is 0.628. The minimum atomic E-state index is -0.273. The number of anilines is 1. The lowest BCUT2D eigenvalue weighted by Gasteiger charge is -2.05. The first-order chi connectivity index (χ1) is 8.79. The van der Waals surface area contributed by atoms with Gasteiger partial charge in [-0.05, 0) is 31.3 Å². The number of hydrogen-bond donors (Lipinski definition) is 2. The zero-order valence-electron chi connectivity index (χ0n) is 10.2. The summed E-state index contributed by atoms with van der Waals surface area (Å²) in [6.45, 7) is 1.64. The van der Waals surface area contributed by atoms with Crippen molar-refractivity contribution in [2.75, 3.05) is 25.5 Å². The number of aromatic nitrogens is 2. The minimum Gasteiger partial charge on any atom is -0.367 e. The molecule has 0 aliphatic carbocycles. The normalized spacial score (nSPS) is 10.3. The van der Waals surface area contributed by atoms with E-state index in [0.717, 1.165) is 18.7 Å². The van der Waals surface area contributed by atoms with Crippen LogP contribution in [-0.2, 0) is 0 Å². The van der Waals surface area contributed by atoms with Gasteiger partial charge in [0.15, 0.2) is 0 Å². The smallest absolute Gasteiger partial charge is 0.148 e. The Balaban J connectivity index is 2.07. The quantitative estimate of drug-likeness (QED) is 0.791. The van der Waals surface area contributed by atoms with Crippen LogP contribution in [0.2, 0.25) is 0 Å². The van der Waals surface area contributed by atoms with E-state index in [1.807, 2.05) is 19.2 Å². The summed E-state index contributed by atoms with van der Waals surface area (Å²) in [7, 11) is 1.89. The molecule has 0 bridgehead atoms. The molecule has 5 heteroatoms. The standard InChI is InChI=1S/C13H15FN4/c1-15-7-8-16-13-6-5-12(17-18-13)10-3-2-4-11(14)9-10/h2-6,9,15H,7-8H2,1H3,(H,16,18). The molecule has 18 heavy (non-hydrogen) atoms. The molecule has 2 aromatic rings. The highest BCUT2D eigenvalue weighted by atomic mass is 19.1. The van der Waals surface area contributed by atoms with Crippen molar-refractivity contribution in [1.29, 1.82) is 0 Å². The largest absolute Gasteiger partial charge is 0.367 e. The van der Waals surface area contributed by atoms with Crippen LogP contribution in [0.3, 0.4) is 0 Å². The first-order valence-electron chi connectivity index (χ1n) is 5.78. The molecule has 0 aliphatic rings. The van der Waals surface area contributed by atoms with Gasteiger partial charge in [0.1, 0.15) is 11.6 Å². The Morgan fingerprint density at radius 2 is 2.00 bits per heavy atom. The molecule has 1 aromatic heterocycles. The van der Waals surface area contributed by atoms with Crippen LogP contribution in [0.5, 0.6) is 0 Å². The van der Waals surface area contributed by atoms with E-state index in [1.54, 1.807) is 12.1 Å². The van der Waals surface area contributed by atoms with Crippen molar-refractivity contribution in [3.63, 3.8) is 0 Å². The highest BCUT2D eigenvalue weighted by Gasteiger charge is 2.01. The lowest BCUT2D eigenvalue weighted by atomic mass is 10.1. The number of rotatable bonds is 5. The molecule has 0 fully saturated rings. The van der Waals surface area contributed by atoms with Gasteiger partial charge >= 0.3 is 0 Å². The molecule has 2 rings (SSSR count). The summed E-state index contributed by atoms with van der Waals surface area (Å²) < 4.78 is 13.1. The maximum atomic E-state index is 13.1. The van der Waals surface area contributed by atoms with Crippen molar-refractivity contribution in [2.45, 2.75) is 0 Å². The molecule has 0 atom stereocenters. The minimum absolute atomic E-state index is 0.273. The van der Waals surface area contributed by atoms with Crippen LogP contribution in [0.4, 0.5) is 10.2 Å². The average molecular weight is 246 g/mol. The third-order valence-electron chi connectivity index (χ3n) is 2.47. The summed E-state index contributed by atoms with van der Waals surface area (Å²) in [4.78, 5) is 0. The average Bonchev–Trinajstić information content (AvgIpc) is 2.40. The zero-order valence-corrected chi connectivity index (χ0v) is 10.2. The van der Waals surface area contributed by atoms with Crippen LogP contribution < -0.4 is 10.6 Å². The molecular weight excluding hydrogens is 231 g/mol. The van der Waals surface area contributed by atoms with Gasteiger partial charge in [-0.15, -0.1) is 10.2 Å². The Morgan fingerprint density at radius 1 is 1.11 bits per heavy atom. The highest BCUT2D eigenvalue weighted by molar-refractivity contribution is 5.59. The van der Waals surface area contributed by atoms with Crippen LogP contribution >= 0.6 is 0 Å². The van der Waals surface area contributed by atoms with E-state index in [1.165, 1.54) is 12.1 Å². The first kappa shape index (κ1) is 12.4. The number of hydrogen-bond acceptors (Lipinski definition) is 4. The zero-order chi connectivity index (χ0) is 12.8. The lowest BCUT2D eigenvalue weighted by Crippen LogP contribution is -2.18. The van der Waals surface area contributed by atoms with E-state index in [9.17, 15) is 4.39 Å². The van der Waals surface area contributed by atoms with Gasteiger partial charge in [0.2, 0.25) is 0 Å². The summed E-state index contributed by atoms with van der Waals surface area (Å²) in [5.74, 6) is 0.441. The van der Waals surface area contributed by atoms with E-state index in [4.69, 9.17) is 0 Å². The summed E-state index contributed by atoms with van der Waals surface area (Å²) in [5.41, 5.74) is 1.39. The van der Waals surface area contributed by atoms with Crippen LogP contribution in [-0.4, -0.2) is 30.3 Å². The summed E-state index contributed by atoms with van der Waals surface area (Å²) in [5, 5.41) is 14.3. The molecule has 0 amide bonds. The number of nitrogens with one attached hydrogen (secondary N) is 2. The van der Waals surface area contributed by atoms with E-state index >= 15 is 0 Å². The van der Waals surface area contributed by atoms with Crippen LogP contribution in [0.25, 0.3) is 11.3 Å². The van der Waals surface area contributed by atoms with E-state index < -0.39 is 0 Å². The van der Waals surface area contributed by atoms with Crippen molar-refractivity contribution in [3.05, 3.63) is 42.2 Å². The molecule has 4 nitrogen and oxygen atoms in total. The molecular formula is C13H15FN4. The Bertz CT molecular complexity index is 499. The monoisotopic (exact) mass is 246 g/mol. The second-order valence-electron chi connectivity index (χ2n) is 3.84. The van der Waals surface area contributed by atoms with Gasteiger partial charge in [-0.25, -0.2) is 4.39 Å². The van der Waals surface area contributed by atoms with Gasteiger partial charge in [0, 0.05) is 18.7 Å². The Morgan fingerprint density at radius 3 is 2.67 bits per heavy atom. The number of likely N-dealkylation sites (N-methyl/N-ethyl adjacent to an activating group) is 1. The third kappa shape index (κ3) is 3.24. The van der Waals surface area contributed by atoms with Crippen LogP contribution in [0, 0.1) is 5.82 Å². The molecule has 94 valence electrons. The van der Waals surface area contributed by atoms with Gasteiger partial charge in [0.25, 0.3) is 0 Å². The molecule has 0 radical (unpaired) electrons. The van der Waals surface area contributed by atoms with Crippen molar-refractivity contribution in [3.8, 4) is 11.3 Å². The van der Waals surface area contributed by atoms with Gasteiger partial charge in [-0.2, -0.15) is 0 Å². The molecule has 0 saturated carbocycles. The molecule has 0 saturated heterocycles. The Kier molecular flexibility index (Phi) is 4.20. The van der Waals surface area contributed by atoms with E-state index in [2.05, 4.69) is 20.8 Å². The fourth-order valence-corrected chi connectivity index (χ4v) is 1.54. The Hall–Kier alpha value is -2.01. The molecule has 1 heterocycles. The number of nitrogens with zero attached hydrogens (tertiary/aromatic N) is 2. The SMILES string of the molecule is CNCCNc1ccc(-c2cccc(F)c2)nn1. The molecule has 1 aromatic carbocycles. The molecule has 0 aliphatic heterocycles. The summed E-state index contributed by atoms with van der Waals surface area (Å²) in [6.07, 6.45) is 0. The highest BCUT2D eigenvalue weighted by Crippen LogP contribution is 2.17. The van der Waals surface area contributed by atoms with Crippen molar-refractivity contribution in [1.82, 2.24) is 15.5 Å². The van der Waals surface area contributed by atoms with Gasteiger partial charge < -0.3 is 10.6 Å². The first-order valence-corrected chi connectivity index (χ1v) is 5.78. The second-order valence-corrected chi connectivity index (χ2v) is 3.84.